The summed E-state index contributed by atoms with van der Waals surface area (Å²) in [5.41, 5.74) is -0.216. The Morgan fingerprint density at radius 1 is 1.23 bits per heavy atom. The molecule has 0 aliphatic carbocycles. The second-order valence-electron chi connectivity index (χ2n) is 7.22. The number of benzene rings is 1. The van der Waals surface area contributed by atoms with Crippen molar-refractivity contribution in [2.24, 2.45) is 0 Å². The summed E-state index contributed by atoms with van der Waals surface area (Å²) < 4.78 is 52.3. The van der Waals surface area contributed by atoms with Crippen LogP contribution in [0.15, 0.2) is 30.3 Å². The molecule has 1 unspecified atom stereocenters. The minimum Gasteiger partial charge on any atom is -0.330 e. The molecule has 1 aromatic carbocycles. The number of amides is 2. The first-order chi connectivity index (χ1) is 14.1. The SMILES string of the molecule is Cc1nc(C(F)(F)F)ccc1NC(=O)N1CCC[NH+](Cc2c(F)cccc2Cl)CC1. The molecular formula is C20H22ClF4N4O+. The number of pyridine rings is 1. The molecule has 0 radical (unpaired) electrons. The van der Waals surface area contributed by atoms with E-state index in [-0.39, 0.29) is 17.2 Å². The standard InChI is InChI=1S/C20H21ClF4N4O/c1-13-17(6-7-18(26-13)20(23,24)25)27-19(30)29-9-3-8-28(10-11-29)12-14-15(21)4-2-5-16(14)22/h2,4-7H,3,8-12H2,1H3,(H,27,30)/p+1. The predicted molar refractivity (Wildman–Crippen MR) is 105 cm³/mol. The number of nitrogens with zero attached hydrogens (tertiary/aromatic N) is 2. The van der Waals surface area contributed by atoms with Crippen molar-refractivity contribution in [2.75, 3.05) is 31.5 Å². The maximum absolute atomic E-state index is 14.0. The lowest BCUT2D eigenvalue weighted by Gasteiger charge is -2.21. The molecule has 1 atom stereocenters. The van der Waals surface area contributed by atoms with Gasteiger partial charge in [0.15, 0.2) is 0 Å². The number of alkyl halides is 3. The summed E-state index contributed by atoms with van der Waals surface area (Å²) in [4.78, 5) is 18.8. The molecule has 5 nitrogen and oxygen atoms in total. The molecule has 0 bridgehead atoms. The van der Waals surface area contributed by atoms with Gasteiger partial charge in [-0.05, 0) is 31.2 Å². The predicted octanol–water partition coefficient (Wildman–Crippen LogP) is 3.52. The Kier molecular flexibility index (Phi) is 6.82. The Morgan fingerprint density at radius 2 is 2.00 bits per heavy atom. The van der Waals surface area contributed by atoms with E-state index < -0.39 is 17.9 Å². The third-order valence-electron chi connectivity index (χ3n) is 5.09. The van der Waals surface area contributed by atoms with Gasteiger partial charge in [-0.1, -0.05) is 17.7 Å². The maximum Gasteiger partial charge on any atom is 0.433 e. The normalized spacial score (nSPS) is 17.5. The van der Waals surface area contributed by atoms with Crippen LogP contribution in [0.25, 0.3) is 0 Å². The summed E-state index contributed by atoms with van der Waals surface area (Å²) in [5.74, 6) is -0.348. The van der Waals surface area contributed by atoms with E-state index in [1.807, 2.05) is 0 Å². The van der Waals surface area contributed by atoms with E-state index in [0.29, 0.717) is 43.2 Å². The maximum atomic E-state index is 14.0. The van der Waals surface area contributed by atoms with E-state index in [2.05, 4.69) is 10.3 Å². The molecule has 1 aliphatic heterocycles. The average Bonchev–Trinajstić information content (AvgIpc) is 2.91. The third kappa shape index (κ3) is 5.40. The fraction of sp³-hybridized carbons (Fsp3) is 0.400. The van der Waals surface area contributed by atoms with Crippen molar-refractivity contribution in [2.45, 2.75) is 26.1 Å². The Labute approximate surface area is 176 Å². The van der Waals surface area contributed by atoms with Gasteiger partial charge in [-0.15, -0.1) is 0 Å². The number of urea groups is 1. The quantitative estimate of drug-likeness (QED) is 0.710. The first kappa shape index (κ1) is 22.3. The van der Waals surface area contributed by atoms with Crippen LogP contribution in [0, 0.1) is 12.7 Å². The largest absolute Gasteiger partial charge is 0.433 e. The molecular weight excluding hydrogens is 424 g/mol. The van der Waals surface area contributed by atoms with Gasteiger partial charge in [0.05, 0.1) is 41.6 Å². The second kappa shape index (κ2) is 9.18. The van der Waals surface area contributed by atoms with E-state index in [1.54, 1.807) is 17.0 Å². The topological polar surface area (TPSA) is 49.7 Å². The van der Waals surface area contributed by atoms with Crippen molar-refractivity contribution in [3.8, 4) is 0 Å². The highest BCUT2D eigenvalue weighted by molar-refractivity contribution is 6.31. The molecule has 2 amide bonds. The molecule has 0 spiro atoms. The zero-order valence-corrected chi connectivity index (χ0v) is 17.1. The van der Waals surface area contributed by atoms with Gasteiger partial charge in [0, 0.05) is 13.0 Å². The summed E-state index contributed by atoms with van der Waals surface area (Å²) >= 11 is 6.11. The summed E-state index contributed by atoms with van der Waals surface area (Å²) in [6.07, 6.45) is -3.83. The highest BCUT2D eigenvalue weighted by Crippen LogP contribution is 2.29. The zero-order chi connectivity index (χ0) is 21.9. The highest BCUT2D eigenvalue weighted by atomic mass is 35.5. The summed E-state index contributed by atoms with van der Waals surface area (Å²) in [7, 11) is 0. The fourth-order valence-electron chi connectivity index (χ4n) is 3.43. The Balaban J connectivity index is 1.61. The van der Waals surface area contributed by atoms with Gasteiger partial charge in [-0.2, -0.15) is 13.2 Å². The van der Waals surface area contributed by atoms with Crippen LogP contribution in [-0.4, -0.2) is 42.1 Å². The highest BCUT2D eigenvalue weighted by Gasteiger charge is 2.33. The molecule has 1 saturated heterocycles. The first-order valence-corrected chi connectivity index (χ1v) is 9.90. The van der Waals surface area contributed by atoms with E-state index >= 15 is 0 Å². The van der Waals surface area contributed by atoms with E-state index in [1.165, 1.54) is 19.1 Å². The lowest BCUT2D eigenvalue weighted by atomic mass is 10.2. The Hall–Kier alpha value is -2.39. The Bertz CT molecular complexity index is 902. The number of hydrogen-bond donors (Lipinski definition) is 2. The van der Waals surface area contributed by atoms with Crippen molar-refractivity contribution in [1.82, 2.24) is 9.88 Å². The van der Waals surface area contributed by atoms with Crippen LogP contribution in [0.4, 0.5) is 28.0 Å². The number of rotatable bonds is 3. The number of quaternary nitrogens is 1. The van der Waals surface area contributed by atoms with E-state index in [4.69, 9.17) is 11.6 Å². The number of aromatic nitrogens is 1. The fourth-order valence-corrected chi connectivity index (χ4v) is 3.66. The van der Waals surface area contributed by atoms with Crippen LogP contribution in [0.1, 0.15) is 23.4 Å². The van der Waals surface area contributed by atoms with Crippen molar-refractivity contribution in [3.05, 3.63) is 58.1 Å². The summed E-state index contributed by atoms with van der Waals surface area (Å²) in [6, 6.07) is 6.23. The molecule has 2 N–H and O–H groups in total. The number of halogens is 5. The van der Waals surface area contributed by atoms with E-state index in [9.17, 15) is 22.4 Å². The van der Waals surface area contributed by atoms with Gasteiger partial charge in [-0.3, -0.25) is 0 Å². The van der Waals surface area contributed by atoms with Crippen LogP contribution in [-0.2, 0) is 12.7 Å². The van der Waals surface area contributed by atoms with Crippen LogP contribution in [0.3, 0.4) is 0 Å². The van der Waals surface area contributed by atoms with Gasteiger partial charge in [0.1, 0.15) is 18.1 Å². The summed E-state index contributed by atoms with van der Waals surface area (Å²) in [5, 5.41) is 3.02. The van der Waals surface area contributed by atoms with Crippen molar-refractivity contribution >= 4 is 23.3 Å². The molecule has 3 rings (SSSR count). The third-order valence-corrected chi connectivity index (χ3v) is 5.44. The van der Waals surface area contributed by atoms with Crippen molar-refractivity contribution < 1.29 is 27.3 Å². The number of hydrogen-bond acceptors (Lipinski definition) is 2. The molecule has 2 heterocycles. The zero-order valence-electron chi connectivity index (χ0n) is 16.3. The molecule has 1 aromatic heterocycles. The number of anilines is 1. The molecule has 30 heavy (non-hydrogen) atoms. The Morgan fingerprint density at radius 3 is 2.67 bits per heavy atom. The van der Waals surface area contributed by atoms with Crippen LogP contribution < -0.4 is 10.2 Å². The van der Waals surface area contributed by atoms with Gasteiger partial charge < -0.3 is 15.1 Å². The number of aryl methyl sites for hydroxylation is 1. The van der Waals surface area contributed by atoms with Gasteiger partial charge in [0.2, 0.25) is 0 Å². The van der Waals surface area contributed by atoms with E-state index in [0.717, 1.165) is 17.5 Å². The lowest BCUT2D eigenvalue weighted by molar-refractivity contribution is -0.912. The second-order valence-corrected chi connectivity index (χ2v) is 7.63. The van der Waals surface area contributed by atoms with Gasteiger partial charge >= 0.3 is 12.2 Å². The van der Waals surface area contributed by atoms with Crippen LogP contribution in [0.5, 0.6) is 0 Å². The molecule has 2 aromatic rings. The number of carbonyl (C=O) groups is 1. The number of carbonyl (C=O) groups excluding carboxylic acids is 1. The van der Waals surface area contributed by atoms with Gasteiger partial charge in [-0.25, -0.2) is 14.2 Å². The molecule has 1 aliphatic rings. The monoisotopic (exact) mass is 445 g/mol. The minimum absolute atomic E-state index is 0.0921. The molecule has 162 valence electrons. The lowest BCUT2D eigenvalue weighted by Crippen LogP contribution is -3.11. The number of nitrogens with one attached hydrogen (secondary N) is 2. The minimum atomic E-state index is -4.54. The molecule has 1 fully saturated rings. The molecule has 0 saturated carbocycles. The van der Waals surface area contributed by atoms with Gasteiger partial charge in [0.25, 0.3) is 0 Å². The summed E-state index contributed by atoms with van der Waals surface area (Å²) in [6.45, 7) is 4.10. The van der Waals surface area contributed by atoms with Crippen LogP contribution >= 0.6 is 11.6 Å². The molecule has 10 heteroatoms. The van der Waals surface area contributed by atoms with Crippen molar-refractivity contribution in [1.29, 1.82) is 0 Å². The first-order valence-electron chi connectivity index (χ1n) is 9.52. The average molecular weight is 446 g/mol. The smallest absolute Gasteiger partial charge is 0.330 e. The van der Waals surface area contributed by atoms with Crippen molar-refractivity contribution in [3.63, 3.8) is 0 Å². The van der Waals surface area contributed by atoms with Crippen LogP contribution in [0.2, 0.25) is 5.02 Å².